The molecule has 2 aromatic rings. The molecular weight excluding hydrogens is 438 g/mol. The fourth-order valence-electron chi connectivity index (χ4n) is 2.74. The summed E-state index contributed by atoms with van der Waals surface area (Å²) in [4.78, 5) is 25.4. The first-order chi connectivity index (χ1) is 15.4. The van der Waals surface area contributed by atoms with Gasteiger partial charge in [-0.3, -0.25) is 9.59 Å². The summed E-state index contributed by atoms with van der Waals surface area (Å²) in [5.74, 6) is 0.291. The molecule has 0 bridgehead atoms. The predicted octanol–water partition coefficient (Wildman–Crippen LogP) is 4.73. The van der Waals surface area contributed by atoms with Crippen LogP contribution in [0.4, 0.5) is 11.4 Å². The number of ketones is 1. The van der Waals surface area contributed by atoms with Crippen LogP contribution in [-0.4, -0.2) is 45.2 Å². The van der Waals surface area contributed by atoms with E-state index in [0.717, 1.165) is 4.42 Å². The number of ether oxygens (including phenoxy) is 4. The summed E-state index contributed by atoms with van der Waals surface area (Å²) in [5, 5.41) is 7.98. The maximum atomic E-state index is 13.1. The van der Waals surface area contributed by atoms with Crippen LogP contribution in [-0.2, 0) is 9.59 Å². The molecule has 10 heteroatoms. The van der Waals surface area contributed by atoms with Gasteiger partial charge in [-0.2, -0.15) is 10.2 Å². The van der Waals surface area contributed by atoms with Gasteiger partial charge in [-0.25, -0.2) is 4.42 Å². The number of rotatable bonds is 11. The van der Waals surface area contributed by atoms with Crippen LogP contribution in [0, 0.1) is 0 Å². The van der Waals surface area contributed by atoms with E-state index in [1.807, 2.05) is 0 Å². The van der Waals surface area contributed by atoms with Crippen molar-refractivity contribution in [1.82, 2.24) is 0 Å². The molecule has 1 unspecified atom stereocenters. The minimum atomic E-state index is -1.48. The molecule has 2 rings (SSSR count). The lowest BCUT2D eigenvalue weighted by Gasteiger charge is -2.22. The maximum absolute atomic E-state index is 13.1. The van der Waals surface area contributed by atoms with Gasteiger partial charge in [-0.15, -0.1) is 0 Å². The number of hydrogen-bond donors (Lipinski definition) is 0. The molecular formula is C22H26ClN3O6. The number of azo groups is 1. The second kappa shape index (κ2) is 11.9. The van der Waals surface area contributed by atoms with E-state index in [4.69, 9.17) is 30.7 Å². The molecule has 0 aliphatic rings. The molecule has 172 valence electrons. The van der Waals surface area contributed by atoms with E-state index in [1.165, 1.54) is 21.1 Å². The average Bonchev–Trinajstić information content (AvgIpc) is 2.78. The Kier molecular flexibility index (Phi) is 9.27. The van der Waals surface area contributed by atoms with E-state index >= 15 is 0 Å². The van der Waals surface area contributed by atoms with E-state index in [2.05, 4.69) is 10.2 Å². The molecule has 2 aromatic carbocycles. The van der Waals surface area contributed by atoms with Crippen molar-refractivity contribution >= 4 is 34.8 Å². The zero-order valence-electron chi connectivity index (χ0n) is 18.6. The largest absolute Gasteiger partial charge is 0.497 e. The Morgan fingerprint density at radius 2 is 1.53 bits per heavy atom. The van der Waals surface area contributed by atoms with Gasteiger partial charge in [-0.05, 0) is 32.9 Å². The van der Waals surface area contributed by atoms with Crippen molar-refractivity contribution in [1.29, 1.82) is 0 Å². The molecule has 0 spiro atoms. The molecule has 32 heavy (non-hydrogen) atoms. The number of carbonyl (C=O) groups is 2. The van der Waals surface area contributed by atoms with Gasteiger partial charge in [-0.1, -0.05) is 6.07 Å². The Bertz CT molecular complexity index is 936. The van der Waals surface area contributed by atoms with E-state index in [1.54, 1.807) is 50.2 Å². The van der Waals surface area contributed by atoms with Crippen molar-refractivity contribution in [3.63, 3.8) is 0 Å². The first-order valence-corrected chi connectivity index (χ1v) is 10.2. The SMILES string of the molecule is CCOc1cccc(OCC)c1N(Cl)C(=O)C(N=Nc1cc(OC)cc(OC)c1)C(C)=O. The van der Waals surface area contributed by atoms with Crippen molar-refractivity contribution in [2.75, 3.05) is 31.9 Å². The summed E-state index contributed by atoms with van der Waals surface area (Å²) in [5.41, 5.74) is 0.526. The number of methoxy groups -OCH3 is 2. The number of halogens is 1. The van der Waals surface area contributed by atoms with Crippen LogP contribution >= 0.6 is 11.8 Å². The smallest absolute Gasteiger partial charge is 0.276 e. The quantitative estimate of drug-likeness (QED) is 0.271. The predicted molar refractivity (Wildman–Crippen MR) is 121 cm³/mol. The van der Waals surface area contributed by atoms with Gasteiger partial charge in [0.15, 0.2) is 5.78 Å². The van der Waals surface area contributed by atoms with Crippen LogP contribution in [0.15, 0.2) is 46.6 Å². The monoisotopic (exact) mass is 463 g/mol. The topological polar surface area (TPSA) is 99.0 Å². The molecule has 0 radical (unpaired) electrons. The Labute approximate surface area is 192 Å². The van der Waals surface area contributed by atoms with Gasteiger partial charge in [0.25, 0.3) is 5.91 Å². The van der Waals surface area contributed by atoms with E-state index in [9.17, 15) is 9.59 Å². The molecule has 0 fully saturated rings. The zero-order valence-corrected chi connectivity index (χ0v) is 19.4. The van der Waals surface area contributed by atoms with Gasteiger partial charge in [0.05, 0.1) is 33.1 Å². The Hall–Kier alpha value is -3.33. The normalized spacial score (nSPS) is 11.7. The lowest BCUT2D eigenvalue weighted by atomic mass is 10.2. The Morgan fingerprint density at radius 1 is 1.00 bits per heavy atom. The summed E-state index contributed by atoms with van der Waals surface area (Å²) in [7, 11) is 2.99. The van der Waals surface area contributed by atoms with Crippen molar-refractivity contribution in [2.24, 2.45) is 10.2 Å². The zero-order chi connectivity index (χ0) is 23.7. The molecule has 1 atom stereocenters. The van der Waals surface area contributed by atoms with Crippen LogP contribution in [0.5, 0.6) is 23.0 Å². The van der Waals surface area contributed by atoms with Gasteiger partial charge in [0.2, 0.25) is 6.04 Å². The summed E-state index contributed by atoms with van der Waals surface area (Å²) in [6.07, 6.45) is 0. The van der Waals surface area contributed by atoms with E-state index in [-0.39, 0.29) is 5.69 Å². The molecule has 0 N–H and O–H groups in total. The number of hydrogen-bond acceptors (Lipinski definition) is 8. The van der Waals surface area contributed by atoms with Crippen LogP contribution in [0.1, 0.15) is 20.8 Å². The number of amides is 1. The van der Waals surface area contributed by atoms with Gasteiger partial charge in [0, 0.05) is 30.0 Å². The van der Waals surface area contributed by atoms with Gasteiger partial charge in [0.1, 0.15) is 28.7 Å². The van der Waals surface area contributed by atoms with Crippen LogP contribution in [0.25, 0.3) is 0 Å². The standard InChI is InChI=1S/C22H26ClN3O6/c1-6-31-18-9-8-10-19(32-7-2)21(18)26(23)22(28)20(14(3)27)25-24-15-11-16(29-4)13-17(12-15)30-5/h8-13,20H,6-7H2,1-5H3. The van der Waals surface area contributed by atoms with E-state index < -0.39 is 17.7 Å². The third-order valence-corrected chi connectivity index (χ3v) is 4.53. The second-order valence-electron chi connectivity index (χ2n) is 6.39. The second-order valence-corrected chi connectivity index (χ2v) is 6.73. The minimum absolute atomic E-state index is 0.187. The highest BCUT2D eigenvalue weighted by atomic mass is 35.5. The van der Waals surface area contributed by atoms with Crippen molar-refractivity contribution < 1.29 is 28.5 Å². The third-order valence-electron chi connectivity index (χ3n) is 4.20. The Morgan fingerprint density at radius 3 is 1.97 bits per heavy atom. The lowest BCUT2D eigenvalue weighted by molar-refractivity contribution is -0.126. The summed E-state index contributed by atoms with van der Waals surface area (Å²) >= 11 is 6.38. The fraction of sp³-hybridized carbons (Fsp3) is 0.364. The highest BCUT2D eigenvalue weighted by Crippen LogP contribution is 2.40. The van der Waals surface area contributed by atoms with Gasteiger partial charge < -0.3 is 18.9 Å². The molecule has 0 aromatic heterocycles. The van der Waals surface area contributed by atoms with Crippen LogP contribution < -0.4 is 23.4 Å². The number of benzene rings is 2. The summed E-state index contributed by atoms with van der Waals surface area (Å²) < 4.78 is 22.4. The number of nitrogens with zero attached hydrogens (tertiary/aromatic N) is 3. The number of anilines is 1. The number of Topliss-reactive ketones (excluding diaryl/α,β-unsaturated/α-hetero) is 1. The molecule has 0 saturated heterocycles. The summed E-state index contributed by atoms with van der Waals surface area (Å²) in [6, 6.07) is 8.37. The average molecular weight is 464 g/mol. The van der Waals surface area contributed by atoms with Crippen LogP contribution in [0.3, 0.4) is 0 Å². The fourth-order valence-corrected chi connectivity index (χ4v) is 3.00. The molecule has 0 saturated carbocycles. The highest BCUT2D eigenvalue weighted by molar-refractivity contribution is 6.39. The highest BCUT2D eigenvalue weighted by Gasteiger charge is 2.32. The van der Waals surface area contributed by atoms with Crippen molar-refractivity contribution in [2.45, 2.75) is 26.8 Å². The molecule has 0 aliphatic heterocycles. The molecule has 9 nitrogen and oxygen atoms in total. The number of carbonyl (C=O) groups excluding carboxylic acids is 2. The molecule has 0 heterocycles. The van der Waals surface area contributed by atoms with Crippen molar-refractivity contribution in [3.8, 4) is 23.0 Å². The third kappa shape index (κ3) is 6.10. The van der Waals surface area contributed by atoms with Gasteiger partial charge >= 0.3 is 0 Å². The van der Waals surface area contributed by atoms with Crippen molar-refractivity contribution in [3.05, 3.63) is 36.4 Å². The van der Waals surface area contributed by atoms with E-state index in [0.29, 0.717) is 41.9 Å². The molecule has 1 amide bonds. The summed E-state index contributed by atoms with van der Waals surface area (Å²) in [6.45, 7) is 5.51. The maximum Gasteiger partial charge on any atom is 0.276 e. The first kappa shape index (κ1) is 24.9. The number of para-hydroxylation sites is 1. The first-order valence-electron chi connectivity index (χ1n) is 9.88. The minimum Gasteiger partial charge on any atom is -0.497 e. The molecule has 0 aliphatic carbocycles. The lowest BCUT2D eigenvalue weighted by Crippen LogP contribution is -2.36. The Balaban J connectivity index is 2.41. The van der Waals surface area contributed by atoms with Crippen LogP contribution in [0.2, 0.25) is 0 Å².